The van der Waals surface area contributed by atoms with Crippen molar-refractivity contribution in [1.29, 1.82) is 0 Å². The van der Waals surface area contributed by atoms with Crippen LogP contribution in [0, 0.1) is 0 Å². The lowest BCUT2D eigenvalue weighted by molar-refractivity contribution is 0.0696. The van der Waals surface area contributed by atoms with Crippen LogP contribution < -0.4 is 9.47 Å². The maximum Gasteiger partial charge on any atom is 0.343 e. The highest BCUT2D eigenvalue weighted by Gasteiger charge is 2.13. The van der Waals surface area contributed by atoms with E-state index >= 15 is 0 Å². The molecule has 6 nitrogen and oxygen atoms in total. The van der Waals surface area contributed by atoms with Gasteiger partial charge >= 0.3 is 11.9 Å². The number of carboxylic acids is 1. The van der Waals surface area contributed by atoms with Gasteiger partial charge in [0.25, 0.3) is 0 Å². The van der Waals surface area contributed by atoms with E-state index in [-0.39, 0.29) is 11.3 Å². The van der Waals surface area contributed by atoms with Gasteiger partial charge in [0.15, 0.2) is 0 Å². The van der Waals surface area contributed by atoms with Gasteiger partial charge in [-0.05, 0) is 58.4 Å². The summed E-state index contributed by atoms with van der Waals surface area (Å²) in [4.78, 5) is 23.0. The summed E-state index contributed by atoms with van der Waals surface area (Å²) in [6, 6.07) is 10.7. The lowest BCUT2D eigenvalue weighted by atomic mass is 10.2. The number of halogens is 1. The first-order valence-electron chi connectivity index (χ1n) is 6.98. The summed E-state index contributed by atoms with van der Waals surface area (Å²) in [5, 5.41) is 8.92. The smallest absolute Gasteiger partial charge is 0.343 e. The Hall–Kier alpha value is -2.38. The Bertz CT molecular complexity index is 726. The second-order valence-electron chi connectivity index (χ2n) is 4.71. The SMILES string of the molecule is COCCOc1ccc(C(=O)Oc2ccc(C(=O)O)cc2Br)cc1. The van der Waals surface area contributed by atoms with Gasteiger partial charge in [0.1, 0.15) is 18.1 Å². The van der Waals surface area contributed by atoms with Crippen LogP contribution in [0.25, 0.3) is 0 Å². The molecule has 0 aliphatic rings. The molecule has 0 aromatic heterocycles. The van der Waals surface area contributed by atoms with E-state index in [9.17, 15) is 9.59 Å². The van der Waals surface area contributed by atoms with Crippen LogP contribution in [-0.2, 0) is 4.74 Å². The lowest BCUT2D eigenvalue weighted by Gasteiger charge is -2.08. The largest absolute Gasteiger partial charge is 0.491 e. The number of carbonyl (C=O) groups excluding carboxylic acids is 1. The van der Waals surface area contributed by atoms with Crippen molar-refractivity contribution < 1.29 is 28.9 Å². The van der Waals surface area contributed by atoms with Crippen molar-refractivity contribution in [2.24, 2.45) is 0 Å². The number of carboxylic acid groups (broad SMARTS) is 1. The van der Waals surface area contributed by atoms with Gasteiger partial charge in [-0.15, -0.1) is 0 Å². The van der Waals surface area contributed by atoms with Crippen molar-refractivity contribution in [1.82, 2.24) is 0 Å². The number of aromatic carboxylic acids is 1. The maximum atomic E-state index is 12.1. The molecule has 126 valence electrons. The van der Waals surface area contributed by atoms with Crippen LogP contribution >= 0.6 is 15.9 Å². The summed E-state index contributed by atoms with van der Waals surface area (Å²) >= 11 is 3.19. The van der Waals surface area contributed by atoms with Crippen LogP contribution in [0.5, 0.6) is 11.5 Å². The van der Waals surface area contributed by atoms with E-state index in [0.717, 1.165) is 0 Å². The zero-order chi connectivity index (χ0) is 17.5. The Balaban J connectivity index is 2.03. The minimum Gasteiger partial charge on any atom is -0.491 e. The number of methoxy groups -OCH3 is 1. The standard InChI is InChI=1S/C17H15BrO6/c1-22-8-9-23-13-5-2-11(3-6-13)17(21)24-15-7-4-12(16(19)20)10-14(15)18/h2-7,10H,8-9H2,1H3,(H,19,20). The molecule has 7 heteroatoms. The van der Waals surface area contributed by atoms with Crippen molar-refractivity contribution >= 4 is 27.9 Å². The van der Waals surface area contributed by atoms with Crippen LogP contribution in [-0.4, -0.2) is 37.4 Å². The van der Waals surface area contributed by atoms with Gasteiger partial charge in [0.2, 0.25) is 0 Å². The monoisotopic (exact) mass is 394 g/mol. The van der Waals surface area contributed by atoms with E-state index in [1.54, 1.807) is 31.4 Å². The van der Waals surface area contributed by atoms with Gasteiger partial charge in [-0.25, -0.2) is 9.59 Å². The predicted octanol–water partition coefficient (Wildman–Crippen LogP) is 3.39. The summed E-state index contributed by atoms with van der Waals surface area (Å²) in [5.74, 6) is -0.749. The number of hydrogen-bond donors (Lipinski definition) is 1. The Labute approximate surface area is 147 Å². The zero-order valence-corrected chi connectivity index (χ0v) is 14.4. The minimum atomic E-state index is -1.06. The molecule has 0 aliphatic heterocycles. The first kappa shape index (κ1) is 18.0. The van der Waals surface area contributed by atoms with Gasteiger partial charge in [-0.3, -0.25) is 0 Å². The first-order valence-corrected chi connectivity index (χ1v) is 7.77. The second kappa shape index (κ2) is 8.47. The van der Waals surface area contributed by atoms with Crippen molar-refractivity contribution in [3.05, 3.63) is 58.1 Å². The molecule has 24 heavy (non-hydrogen) atoms. The molecular weight excluding hydrogens is 380 g/mol. The summed E-state index contributed by atoms with van der Waals surface area (Å²) in [5.41, 5.74) is 0.447. The fourth-order valence-corrected chi connectivity index (χ4v) is 2.27. The number of ether oxygens (including phenoxy) is 3. The third-order valence-corrected chi connectivity index (χ3v) is 3.65. The van der Waals surface area contributed by atoms with E-state index in [0.29, 0.717) is 29.0 Å². The molecular formula is C17H15BrO6. The molecule has 0 saturated heterocycles. The van der Waals surface area contributed by atoms with Crippen LogP contribution in [0.4, 0.5) is 0 Å². The second-order valence-corrected chi connectivity index (χ2v) is 5.56. The minimum absolute atomic E-state index is 0.0965. The summed E-state index contributed by atoms with van der Waals surface area (Å²) in [6.45, 7) is 0.896. The Kier molecular flexibility index (Phi) is 6.34. The molecule has 0 aliphatic carbocycles. The molecule has 0 heterocycles. The van der Waals surface area contributed by atoms with Crippen LogP contribution in [0.1, 0.15) is 20.7 Å². The highest BCUT2D eigenvalue weighted by Crippen LogP contribution is 2.27. The van der Waals surface area contributed by atoms with Crippen LogP contribution in [0.15, 0.2) is 46.9 Å². The molecule has 0 bridgehead atoms. The fraction of sp³-hybridized carbons (Fsp3) is 0.176. The van der Waals surface area contributed by atoms with E-state index in [1.165, 1.54) is 18.2 Å². The van der Waals surface area contributed by atoms with Gasteiger partial charge in [-0.2, -0.15) is 0 Å². The first-order chi connectivity index (χ1) is 11.5. The third-order valence-electron chi connectivity index (χ3n) is 3.03. The van der Waals surface area contributed by atoms with Gasteiger partial charge in [0.05, 0.1) is 22.2 Å². The topological polar surface area (TPSA) is 82.1 Å². The average molecular weight is 395 g/mol. The average Bonchev–Trinajstić information content (AvgIpc) is 2.57. The normalized spacial score (nSPS) is 10.2. The van der Waals surface area contributed by atoms with Crippen molar-refractivity contribution in [3.8, 4) is 11.5 Å². The van der Waals surface area contributed by atoms with Crippen molar-refractivity contribution in [3.63, 3.8) is 0 Å². The molecule has 0 amide bonds. The predicted molar refractivity (Wildman–Crippen MR) is 89.9 cm³/mol. The van der Waals surface area contributed by atoms with E-state index in [4.69, 9.17) is 19.3 Å². The molecule has 1 N–H and O–H groups in total. The Morgan fingerprint density at radius 3 is 2.29 bits per heavy atom. The Morgan fingerprint density at radius 2 is 1.71 bits per heavy atom. The van der Waals surface area contributed by atoms with Crippen LogP contribution in [0.3, 0.4) is 0 Å². The molecule has 0 saturated carbocycles. The van der Waals surface area contributed by atoms with Gasteiger partial charge in [0, 0.05) is 7.11 Å². The Morgan fingerprint density at radius 1 is 1.04 bits per heavy atom. The van der Waals surface area contributed by atoms with Gasteiger partial charge < -0.3 is 19.3 Å². The van der Waals surface area contributed by atoms with E-state index in [2.05, 4.69) is 15.9 Å². The van der Waals surface area contributed by atoms with Crippen molar-refractivity contribution in [2.45, 2.75) is 0 Å². The lowest BCUT2D eigenvalue weighted by Crippen LogP contribution is -2.09. The highest BCUT2D eigenvalue weighted by molar-refractivity contribution is 9.10. The number of rotatable bonds is 7. The summed E-state index contributed by atoms with van der Waals surface area (Å²) < 4.78 is 15.9. The molecule has 2 aromatic rings. The van der Waals surface area contributed by atoms with E-state index < -0.39 is 11.9 Å². The number of hydrogen-bond acceptors (Lipinski definition) is 5. The van der Waals surface area contributed by atoms with Gasteiger partial charge in [-0.1, -0.05) is 0 Å². The summed E-state index contributed by atoms with van der Waals surface area (Å²) in [6.07, 6.45) is 0. The molecule has 2 aromatic carbocycles. The quantitative estimate of drug-likeness (QED) is 0.440. The molecule has 0 unspecified atom stereocenters. The number of carbonyl (C=O) groups is 2. The summed E-state index contributed by atoms with van der Waals surface area (Å²) in [7, 11) is 1.59. The molecule has 0 atom stereocenters. The number of esters is 1. The third kappa shape index (κ3) is 4.81. The highest BCUT2D eigenvalue weighted by atomic mass is 79.9. The van der Waals surface area contributed by atoms with E-state index in [1.807, 2.05) is 0 Å². The maximum absolute atomic E-state index is 12.1. The van der Waals surface area contributed by atoms with Crippen LogP contribution in [0.2, 0.25) is 0 Å². The van der Waals surface area contributed by atoms with Crippen molar-refractivity contribution in [2.75, 3.05) is 20.3 Å². The number of benzene rings is 2. The molecule has 0 fully saturated rings. The fourth-order valence-electron chi connectivity index (χ4n) is 1.81. The molecule has 2 rings (SSSR count). The molecule has 0 radical (unpaired) electrons. The zero-order valence-electron chi connectivity index (χ0n) is 12.8. The molecule has 0 spiro atoms.